The summed E-state index contributed by atoms with van der Waals surface area (Å²) < 4.78 is 5.76. The van der Waals surface area contributed by atoms with E-state index in [1.807, 2.05) is 85.9 Å². The molecule has 218 valence electrons. The summed E-state index contributed by atoms with van der Waals surface area (Å²) >= 11 is 0. The van der Waals surface area contributed by atoms with Crippen LogP contribution in [0, 0.1) is 0 Å². The quantitative estimate of drug-likeness (QED) is 0.285. The molecule has 1 fully saturated rings. The molecule has 1 aliphatic rings. The van der Waals surface area contributed by atoms with Crippen molar-refractivity contribution >= 4 is 17.7 Å². The Morgan fingerprint density at radius 2 is 1.61 bits per heavy atom. The summed E-state index contributed by atoms with van der Waals surface area (Å²) in [7, 11) is 1.86. The first-order chi connectivity index (χ1) is 19.7. The number of rotatable bonds is 11. The number of benzene rings is 3. The third-order valence-electron chi connectivity index (χ3n) is 8.01. The number of hydrogen-bond acceptors (Lipinski definition) is 5. The molecule has 0 bridgehead atoms. The van der Waals surface area contributed by atoms with Crippen molar-refractivity contribution in [2.45, 2.75) is 58.2 Å². The summed E-state index contributed by atoms with van der Waals surface area (Å²) in [4.78, 5) is 29.8. The van der Waals surface area contributed by atoms with E-state index in [1.165, 1.54) is 5.56 Å². The van der Waals surface area contributed by atoms with Crippen LogP contribution in [0.2, 0.25) is 0 Å². The molecule has 3 aromatic carbocycles. The van der Waals surface area contributed by atoms with Gasteiger partial charge in [-0.05, 0) is 62.4 Å². The first kappa shape index (κ1) is 30.3. The van der Waals surface area contributed by atoms with E-state index >= 15 is 0 Å². The van der Waals surface area contributed by atoms with Gasteiger partial charge < -0.3 is 19.9 Å². The van der Waals surface area contributed by atoms with Gasteiger partial charge >= 0.3 is 6.09 Å². The summed E-state index contributed by atoms with van der Waals surface area (Å²) in [6, 6.07) is 25.6. The number of ether oxygens (including phenoxy) is 1. The lowest BCUT2D eigenvalue weighted by Gasteiger charge is -2.32. The predicted molar refractivity (Wildman–Crippen MR) is 166 cm³/mol. The van der Waals surface area contributed by atoms with E-state index in [0.717, 1.165) is 62.3 Å². The van der Waals surface area contributed by atoms with Crippen molar-refractivity contribution in [3.63, 3.8) is 0 Å². The standard InChI is InChI=1S/C34H44N4O3/c1-5-34(2,3)35-25-26-15-17-28(18-16-26)32(39)37(4)23-24-38-21-19-29(20-22-38)41-33(40)36-31-14-10-9-13-30(31)27-11-7-6-8-12-27/h6-18,29,35H,5,19-25H2,1-4H3,(H,36,40). The van der Waals surface area contributed by atoms with Gasteiger partial charge in [0.2, 0.25) is 0 Å². The highest BCUT2D eigenvalue weighted by molar-refractivity contribution is 5.94. The largest absolute Gasteiger partial charge is 0.446 e. The summed E-state index contributed by atoms with van der Waals surface area (Å²) in [5.41, 5.74) is 4.71. The first-order valence-electron chi connectivity index (χ1n) is 14.7. The van der Waals surface area contributed by atoms with Crippen molar-refractivity contribution in [3.8, 4) is 11.1 Å². The second-order valence-corrected chi connectivity index (χ2v) is 11.5. The zero-order chi connectivity index (χ0) is 29.2. The molecule has 0 aromatic heterocycles. The molecule has 0 spiro atoms. The van der Waals surface area contributed by atoms with Gasteiger partial charge in [0.15, 0.2) is 0 Å². The van der Waals surface area contributed by atoms with Crippen LogP contribution in [0.25, 0.3) is 11.1 Å². The number of likely N-dealkylation sites (N-methyl/N-ethyl adjacent to an activating group) is 1. The summed E-state index contributed by atoms with van der Waals surface area (Å²) in [6.45, 7) is 10.4. The molecule has 3 aromatic rings. The fourth-order valence-electron chi connectivity index (χ4n) is 4.85. The van der Waals surface area contributed by atoms with Gasteiger partial charge in [0, 0.05) is 56.4 Å². The average Bonchev–Trinajstić information content (AvgIpc) is 3.00. The Morgan fingerprint density at radius 1 is 0.951 bits per heavy atom. The van der Waals surface area contributed by atoms with E-state index in [9.17, 15) is 9.59 Å². The van der Waals surface area contributed by atoms with Crippen molar-refractivity contribution < 1.29 is 14.3 Å². The van der Waals surface area contributed by atoms with E-state index < -0.39 is 6.09 Å². The number of nitrogens with zero attached hydrogens (tertiary/aromatic N) is 2. The van der Waals surface area contributed by atoms with Gasteiger partial charge in [0.1, 0.15) is 6.10 Å². The molecular weight excluding hydrogens is 512 g/mol. The molecule has 0 atom stereocenters. The highest BCUT2D eigenvalue weighted by Gasteiger charge is 2.23. The van der Waals surface area contributed by atoms with Crippen molar-refractivity contribution in [2.24, 2.45) is 0 Å². The van der Waals surface area contributed by atoms with Crippen LogP contribution in [0.3, 0.4) is 0 Å². The van der Waals surface area contributed by atoms with Crippen LogP contribution in [0.4, 0.5) is 10.5 Å². The molecule has 0 saturated carbocycles. The molecule has 2 amide bonds. The van der Waals surface area contributed by atoms with Crippen molar-refractivity contribution in [2.75, 3.05) is 38.5 Å². The van der Waals surface area contributed by atoms with Gasteiger partial charge in [-0.15, -0.1) is 0 Å². The zero-order valence-corrected chi connectivity index (χ0v) is 24.9. The second kappa shape index (κ2) is 14.3. The summed E-state index contributed by atoms with van der Waals surface area (Å²) in [6.07, 6.45) is 2.06. The van der Waals surface area contributed by atoms with Crippen LogP contribution in [0.1, 0.15) is 56.0 Å². The monoisotopic (exact) mass is 556 g/mol. The Morgan fingerprint density at radius 3 is 2.29 bits per heavy atom. The normalized spacial score (nSPS) is 14.4. The third-order valence-corrected chi connectivity index (χ3v) is 8.01. The van der Waals surface area contributed by atoms with Gasteiger partial charge in [-0.1, -0.05) is 67.6 Å². The summed E-state index contributed by atoms with van der Waals surface area (Å²) in [5.74, 6) is 0.0315. The number of nitrogens with one attached hydrogen (secondary N) is 2. The topological polar surface area (TPSA) is 73.9 Å². The zero-order valence-electron chi connectivity index (χ0n) is 24.9. The molecule has 0 radical (unpaired) electrons. The molecular formula is C34H44N4O3. The lowest BCUT2D eigenvalue weighted by molar-refractivity contribution is 0.0540. The maximum absolute atomic E-state index is 13.0. The van der Waals surface area contributed by atoms with Crippen LogP contribution in [-0.2, 0) is 11.3 Å². The number of piperidine rings is 1. The lowest BCUT2D eigenvalue weighted by atomic mass is 10.0. The number of anilines is 1. The Bertz CT molecular complexity index is 1270. The fraction of sp³-hybridized carbons (Fsp3) is 0.412. The van der Waals surface area contributed by atoms with E-state index in [4.69, 9.17) is 4.74 Å². The van der Waals surface area contributed by atoms with Gasteiger partial charge in [-0.3, -0.25) is 10.1 Å². The highest BCUT2D eigenvalue weighted by Crippen LogP contribution is 2.28. The van der Waals surface area contributed by atoms with Crippen LogP contribution in [0.15, 0.2) is 78.9 Å². The lowest BCUT2D eigenvalue weighted by Crippen LogP contribution is -2.42. The first-order valence-corrected chi connectivity index (χ1v) is 14.7. The second-order valence-electron chi connectivity index (χ2n) is 11.5. The average molecular weight is 557 g/mol. The predicted octanol–water partition coefficient (Wildman–Crippen LogP) is 6.42. The van der Waals surface area contributed by atoms with E-state index in [1.54, 1.807) is 4.90 Å². The number of amides is 2. The van der Waals surface area contributed by atoms with Crippen LogP contribution in [0.5, 0.6) is 0 Å². The van der Waals surface area contributed by atoms with E-state index in [-0.39, 0.29) is 17.6 Å². The highest BCUT2D eigenvalue weighted by atomic mass is 16.6. The van der Waals surface area contributed by atoms with Gasteiger partial charge in [0.05, 0.1) is 5.69 Å². The SMILES string of the molecule is CCC(C)(C)NCc1ccc(C(=O)N(C)CCN2CCC(OC(=O)Nc3ccccc3-c3ccccc3)CC2)cc1. The fourth-order valence-corrected chi connectivity index (χ4v) is 4.85. The molecule has 2 N–H and O–H groups in total. The molecule has 4 rings (SSSR count). The Kier molecular flexibility index (Phi) is 10.6. The molecule has 7 nitrogen and oxygen atoms in total. The number of carbonyl (C=O) groups excluding carboxylic acids is 2. The van der Waals surface area contributed by atoms with Gasteiger partial charge in [-0.2, -0.15) is 0 Å². The number of likely N-dealkylation sites (tertiary alicyclic amines) is 1. The molecule has 1 aliphatic heterocycles. The van der Waals surface area contributed by atoms with E-state index in [0.29, 0.717) is 12.1 Å². The van der Waals surface area contributed by atoms with Crippen LogP contribution < -0.4 is 10.6 Å². The Labute approximate surface area is 244 Å². The maximum Gasteiger partial charge on any atom is 0.411 e. The molecule has 0 aliphatic carbocycles. The van der Waals surface area contributed by atoms with Crippen molar-refractivity contribution in [1.29, 1.82) is 0 Å². The Balaban J connectivity index is 1.18. The minimum Gasteiger partial charge on any atom is -0.446 e. The van der Waals surface area contributed by atoms with Crippen molar-refractivity contribution in [3.05, 3.63) is 90.0 Å². The molecule has 1 heterocycles. The van der Waals surface area contributed by atoms with Crippen LogP contribution in [-0.4, -0.2) is 66.7 Å². The molecule has 41 heavy (non-hydrogen) atoms. The third kappa shape index (κ3) is 8.90. The number of carbonyl (C=O) groups is 2. The smallest absolute Gasteiger partial charge is 0.411 e. The minimum absolute atomic E-state index is 0.0315. The molecule has 1 saturated heterocycles. The molecule has 0 unspecified atom stereocenters. The Hall–Kier alpha value is -3.68. The minimum atomic E-state index is -0.423. The van der Waals surface area contributed by atoms with Crippen molar-refractivity contribution in [1.82, 2.24) is 15.1 Å². The maximum atomic E-state index is 13.0. The number of para-hydroxylation sites is 1. The van der Waals surface area contributed by atoms with Crippen LogP contribution >= 0.6 is 0 Å². The van der Waals surface area contributed by atoms with Gasteiger partial charge in [-0.25, -0.2) is 4.79 Å². The number of hydrogen-bond donors (Lipinski definition) is 2. The molecule has 7 heteroatoms. The van der Waals surface area contributed by atoms with Gasteiger partial charge in [0.25, 0.3) is 5.91 Å². The van der Waals surface area contributed by atoms with E-state index in [2.05, 4.69) is 36.3 Å². The summed E-state index contributed by atoms with van der Waals surface area (Å²) in [5, 5.41) is 6.49.